The SMILES string of the molecule is COc1cccc(OC)c1-c1ccc[cH-]1.[Cl-].[Cl-].[Zr+2]=[C](c1ccccc1)c1ccccc1. The van der Waals surface area contributed by atoms with Gasteiger partial charge >= 0.3 is 99.2 Å². The van der Waals surface area contributed by atoms with Crippen LogP contribution in [0.25, 0.3) is 11.1 Å². The second kappa shape index (κ2) is 14.1. The monoisotopic (exact) mass is 527 g/mol. The van der Waals surface area contributed by atoms with Gasteiger partial charge in [-0.3, -0.25) is 0 Å². The number of hydrogen-bond donors (Lipinski definition) is 0. The van der Waals surface area contributed by atoms with E-state index in [1.54, 1.807) is 14.2 Å². The zero-order chi connectivity index (χ0) is 20.5. The van der Waals surface area contributed by atoms with Gasteiger partial charge in [0.05, 0.1) is 25.7 Å². The minimum absolute atomic E-state index is 0. The summed E-state index contributed by atoms with van der Waals surface area (Å²) in [6, 6.07) is 35.0. The Hall–Kier alpha value is -2.06. The summed E-state index contributed by atoms with van der Waals surface area (Å²) in [7, 11) is 3.34. The third-order valence-corrected chi connectivity index (χ3v) is 5.92. The van der Waals surface area contributed by atoms with Gasteiger partial charge in [0.25, 0.3) is 0 Å². The Balaban J connectivity index is 0.000000292. The molecule has 4 aromatic carbocycles. The van der Waals surface area contributed by atoms with Crippen LogP contribution in [-0.2, 0) is 24.2 Å². The van der Waals surface area contributed by atoms with Gasteiger partial charge in [0.2, 0.25) is 0 Å². The van der Waals surface area contributed by atoms with Crippen molar-refractivity contribution in [1.82, 2.24) is 0 Å². The molecule has 0 radical (unpaired) electrons. The summed E-state index contributed by atoms with van der Waals surface area (Å²) in [5.74, 6) is 1.67. The number of hydrogen-bond acceptors (Lipinski definition) is 2. The first kappa shape index (κ1) is 27.0. The van der Waals surface area contributed by atoms with Crippen LogP contribution < -0.4 is 34.3 Å². The number of ether oxygens (including phenoxy) is 2. The molecule has 0 aliphatic rings. The van der Waals surface area contributed by atoms with Gasteiger partial charge in [-0.25, -0.2) is 0 Å². The molecule has 0 atom stereocenters. The molecule has 0 fully saturated rings. The van der Waals surface area contributed by atoms with Crippen molar-refractivity contribution in [3.8, 4) is 22.6 Å². The van der Waals surface area contributed by atoms with E-state index in [-0.39, 0.29) is 24.8 Å². The molecular weight excluding hydrogens is 506 g/mol. The molecule has 2 nitrogen and oxygen atoms in total. The number of benzene rings is 3. The Bertz CT molecular complexity index is 970. The first-order valence-corrected chi connectivity index (χ1v) is 10.6. The molecule has 0 saturated heterocycles. The van der Waals surface area contributed by atoms with Gasteiger partial charge in [0, 0.05) is 0 Å². The fourth-order valence-electron chi connectivity index (χ4n) is 3.05. The molecule has 0 saturated carbocycles. The third-order valence-electron chi connectivity index (χ3n) is 4.50. The Morgan fingerprint density at radius 2 is 1.13 bits per heavy atom. The van der Waals surface area contributed by atoms with E-state index >= 15 is 0 Å². The maximum atomic E-state index is 5.33. The van der Waals surface area contributed by atoms with E-state index in [0.29, 0.717) is 0 Å². The molecule has 158 valence electrons. The number of methoxy groups -OCH3 is 2. The molecule has 4 aromatic rings. The zero-order valence-electron chi connectivity index (χ0n) is 17.4. The summed E-state index contributed by atoms with van der Waals surface area (Å²) >= 11 is 1.46. The van der Waals surface area contributed by atoms with Gasteiger partial charge in [-0.05, 0) is 17.7 Å². The molecule has 0 spiro atoms. The van der Waals surface area contributed by atoms with Crippen molar-refractivity contribution in [2.24, 2.45) is 0 Å². The first-order valence-electron chi connectivity index (χ1n) is 9.37. The van der Waals surface area contributed by atoms with Crippen molar-refractivity contribution >= 4 is 3.21 Å². The Morgan fingerprint density at radius 1 is 0.645 bits per heavy atom. The molecule has 0 N–H and O–H groups in total. The number of rotatable bonds is 5. The molecular formula is C26H23Cl2O2Zr-. The quantitative estimate of drug-likeness (QED) is 0.337. The average molecular weight is 530 g/mol. The first-order chi connectivity index (χ1) is 14.2. The van der Waals surface area contributed by atoms with Crippen LogP contribution in [-0.4, -0.2) is 17.4 Å². The Morgan fingerprint density at radius 3 is 1.52 bits per heavy atom. The van der Waals surface area contributed by atoms with E-state index in [4.69, 9.17) is 9.47 Å². The van der Waals surface area contributed by atoms with E-state index < -0.39 is 0 Å². The molecule has 0 aliphatic heterocycles. The maximum absolute atomic E-state index is 5.33. The molecule has 0 amide bonds. The van der Waals surface area contributed by atoms with Crippen molar-refractivity contribution in [3.63, 3.8) is 0 Å². The van der Waals surface area contributed by atoms with Crippen LogP contribution in [0, 0.1) is 0 Å². The Labute approximate surface area is 211 Å². The van der Waals surface area contributed by atoms with Gasteiger partial charge < -0.3 is 34.3 Å². The van der Waals surface area contributed by atoms with E-state index in [9.17, 15) is 0 Å². The topological polar surface area (TPSA) is 18.5 Å². The molecule has 0 heterocycles. The van der Waals surface area contributed by atoms with E-state index in [1.165, 1.54) is 38.6 Å². The van der Waals surface area contributed by atoms with E-state index in [2.05, 4.69) is 60.7 Å². The number of halogens is 2. The standard InChI is InChI=1S/C13H13O2.C13H10.2ClH.Zr/c1-14-11-8-5-9-12(15-2)13(11)10-6-3-4-7-10;1-3-7-12(8-4-1)11-13-9-5-2-6-10-13;;;/h3-9H,1-2H3;1-10H;2*1H;/q-1;;;;+2/p-2. The molecule has 31 heavy (non-hydrogen) atoms. The van der Waals surface area contributed by atoms with Crippen LogP contribution in [0.3, 0.4) is 0 Å². The molecule has 5 heteroatoms. The third kappa shape index (κ3) is 7.25. The van der Waals surface area contributed by atoms with Crippen LogP contribution in [0.4, 0.5) is 0 Å². The molecule has 0 aliphatic carbocycles. The summed E-state index contributed by atoms with van der Waals surface area (Å²) in [4.78, 5) is 0. The van der Waals surface area contributed by atoms with E-state index in [0.717, 1.165) is 22.6 Å². The van der Waals surface area contributed by atoms with Crippen molar-refractivity contribution in [3.05, 3.63) is 114 Å². The molecule has 4 rings (SSSR count). The fourth-order valence-corrected chi connectivity index (χ4v) is 3.87. The van der Waals surface area contributed by atoms with Gasteiger partial charge in [-0.2, -0.15) is 18.2 Å². The van der Waals surface area contributed by atoms with Gasteiger partial charge in [-0.15, -0.1) is 11.6 Å². The van der Waals surface area contributed by atoms with Crippen molar-refractivity contribution < 1.29 is 58.5 Å². The predicted molar refractivity (Wildman–Crippen MR) is 117 cm³/mol. The zero-order valence-corrected chi connectivity index (χ0v) is 21.4. The second-order valence-electron chi connectivity index (χ2n) is 6.32. The predicted octanol–water partition coefficient (Wildman–Crippen LogP) is -0.100. The Kier molecular flexibility index (Phi) is 12.3. The summed E-state index contributed by atoms with van der Waals surface area (Å²) in [5.41, 5.74) is 4.78. The molecule has 0 aromatic heterocycles. The second-order valence-corrected chi connectivity index (χ2v) is 7.55. The van der Waals surface area contributed by atoms with Gasteiger partial charge in [-0.1, -0.05) is 6.07 Å². The van der Waals surface area contributed by atoms with Crippen LogP contribution >= 0.6 is 0 Å². The van der Waals surface area contributed by atoms with Crippen LogP contribution in [0.2, 0.25) is 0 Å². The van der Waals surface area contributed by atoms with Crippen LogP contribution in [0.15, 0.2) is 103 Å². The van der Waals surface area contributed by atoms with Crippen molar-refractivity contribution in [2.45, 2.75) is 0 Å². The summed E-state index contributed by atoms with van der Waals surface area (Å²) in [6.07, 6.45) is 0. The van der Waals surface area contributed by atoms with Gasteiger partial charge in [0.15, 0.2) is 0 Å². The summed E-state index contributed by atoms with van der Waals surface area (Å²) in [5, 5.41) is 0. The van der Waals surface area contributed by atoms with E-state index in [1.807, 2.05) is 42.5 Å². The van der Waals surface area contributed by atoms with Crippen molar-refractivity contribution in [1.29, 1.82) is 0 Å². The summed E-state index contributed by atoms with van der Waals surface area (Å²) in [6.45, 7) is 0. The van der Waals surface area contributed by atoms with Crippen LogP contribution in [0.5, 0.6) is 11.5 Å². The van der Waals surface area contributed by atoms with Crippen molar-refractivity contribution in [2.75, 3.05) is 14.2 Å². The van der Waals surface area contributed by atoms with Crippen LogP contribution in [0.1, 0.15) is 11.1 Å². The molecule has 0 unspecified atom stereocenters. The molecule has 0 bridgehead atoms. The normalized spacial score (nSPS) is 9.29. The minimum atomic E-state index is 0. The van der Waals surface area contributed by atoms with Gasteiger partial charge in [0.1, 0.15) is 0 Å². The average Bonchev–Trinajstić information content (AvgIpc) is 3.34. The fraction of sp³-hybridized carbons (Fsp3) is 0.0769. The summed E-state index contributed by atoms with van der Waals surface area (Å²) < 4.78 is 12.1.